The van der Waals surface area contributed by atoms with Crippen LogP contribution in [0.3, 0.4) is 0 Å². The first kappa shape index (κ1) is 15.1. The summed E-state index contributed by atoms with van der Waals surface area (Å²) in [5.74, 6) is -0.0560. The van der Waals surface area contributed by atoms with Crippen molar-refractivity contribution in [1.82, 2.24) is 14.0 Å². The minimum atomic E-state index is -0.0653. The third kappa shape index (κ3) is 2.21. The van der Waals surface area contributed by atoms with Crippen molar-refractivity contribution in [3.8, 4) is 0 Å². The van der Waals surface area contributed by atoms with Gasteiger partial charge in [0.1, 0.15) is 4.32 Å². The molecule has 0 aliphatic carbocycles. The third-order valence-corrected chi connectivity index (χ3v) is 5.16. The molecular formula is C15H15N3O2S2. The molecule has 0 bridgehead atoms. The Labute approximate surface area is 137 Å². The molecule has 0 N–H and O–H groups in total. The quantitative estimate of drug-likeness (QED) is 0.624. The van der Waals surface area contributed by atoms with Crippen LogP contribution in [0.1, 0.15) is 12.5 Å². The Bertz CT molecular complexity index is 892. The number of nitrogens with zero attached hydrogens (tertiary/aromatic N) is 3. The van der Waals surface area contributed by atoms with E-state index in [0.717, 1.165) is 16.6 Å². The Morgan fingerprint density at radius 2 is 1.86 bits per heavy atom. The van der Waals surface area contributed by atoms with Crippen LogP contribution in [0.5, 0.6) is 0 Å². The van der Waals surface area contributed by atoms with Crippen LogP contribution in [0.15, 0.2) is 27.9 Å². The number of carbonyl (C=O) groups is 1. The van der Waals surface area contributed by atoms with Gasteiger partial charge in [-0.25, -0.2) is 4.79 Å². The maximum absolute atomic E-state index is 12.2. The standard InChI is InChI=1S/C15H15N3O2S2/c1-4-18-13(19)12(22-15(18)21)8-9-5-6-10-11(7-9)17(3)14(20)16(10)2/h5-8H,4H2,1-3H3/b12-8-. The Morgan fingerprint density at radius 1 is 1.18 bits per heavy atom. The summed E-state index contributed by atoms with van der Waals surface area (Å²) >= 11 is 6.52. The zero-order chi connectivity index (χ0) is 16.0. The largest absolute Gasteiger partial charge is 0.328 e. The number of thiocarbonyl (C=S) groups is 1. The van der Waals surface area contributed by atoms with E-state index in [9.17, 15) is 9.59 Å². The Hall–Kier alpha value is -1.86. The molecule has 1 fully saturated rings. The number of fused-ring (bicyclic) bond motifs is 1. The molecule has 1 amide bonds. The van der Waals surface area contributed by atoms with Crippen molar-refractivity contribution in [2.75, 3.05) is 6.54 Å². The number of rotatable bonds is 2. The molecule has 1 saturated heterocycles. The molecule has 5 nitrogen and oxygen atoms in total. The lowest BCUT2D eigenvalue weighted by molar-refractivity contribution is -0.121. The van der Waals surface area contributed by atoms with Gasteiger partial charge in [0.05, 0.1) is 15.9 Å². The molecule has 2 heterocycles. The van der Waals surface area contributed by atoms with E-state index in [1.54, 1.807) is 28.1 Å². The van der Waals surface area contributed by atoms with Gasteiger partial charge in [0, 0.05) is 20.6 Å². The number of amides is 1. The summed E-state index contributed by atoms with van der Waals surface area (Å²) < 4.78 is 3.80. The van der Waals surface area contributed by atoms with Gasteiger partial charge in [0.15, 0.2) is 0 Å². The molecule has 0 unspecified atom stereocenters. The number of thioether (sulfide) groups is 1. The fraction of sp³-hybridized carbons (Fsp3) is 0.267. The van der Waals surface area contributed by atoms with Gasteiger partial charge >= 0.3 is 5.69 Å². The van der Waals surface area contributed by atoms with Crippen LogP contribution < -0.4 is 5.69 Å². The molecule has 1 aromatic carbocycles. The van der Waals surface area contributed by atoms with Crippen LogP contribution in [0.25, 0.3) is 17.1 Å². The van der Waals surface area contributed by atoms with Crippen molar-refractivity contribution in [3.63, 3.8) is 0 Å². The highest BCUT2D eigenvalue weighted by molar-refractivity contribution is 8.26. The lowest BCUT2D eigenvalue weighted by Gasteiger charge is -2.09. The molecule has 3 rings (SSSR count). The zero-order valence-corrected chi connectivity index (χ0v) is 14.1. The fourth-order valence-corrected chi connectivity index (χ4v) is 3.92. The second-order valence-electron chi connectivity index (χ2n) is 5.07. The summed E-state index contributed by atoms with van der Waals surface area (Å²) in [6.45, 7) is 2.48. The van der Waals surface area contributed by atoms with E-state index in [0.29, 0.717) is 15.8 Å². The fourth-order valence-electron chi connectivity index (χ4n) is 2.54. The van der Waals surface area contributed by atoms with Gasteiger partial charge in [-0.1, -0.05) is 30.0 Å². The highest BCUT2D eigenvalue weighted by Gasteiger charge is 2.30. The first-order chi connectivity index (χ1) is 10.4. The second kappa shape index (κ2) is 5.40. The molecule has 0 atom stereocenters. The van der Waals surface area contributed by atoms with Gasteiger partial charge in [0.2, 0.25) is 0 Å². The molecule has 1 aromatic heterocycles. The first-order valence-electron chi connectivity index (χ1n) is 6.85. The number of aromatic nitrogens is 2. The molecule has 0 spiro atoms. The predicted octanol–water partition coefficient (Wildman–Crippen LogP) is 2.10. The number of imidazole rings is 1. The summed E-state index contributed by atoms with van der Waals surface area (Å²) in [5.41, 5.74) is 2.52. The Morgan fingerprint density at radius 3 is 2.50 bits per heavy atom. The SMILES string of the molecule is CCN1C(=O)/C(=C/c2ccc3c(c2)n(C)c(=O)n3C)SC1=S. The van der Waals surface area contributed by atoms with Crippen molar-refractivity contribution in [1.29, 1.82) is 0 Å². The molecule has 7 heteroatoms. The average Bonchev–Trinajstić information content (AvgIpc) is 2.89. The van der Waals surface area contributed by atoms with Crippen LogP contribution in [-0.2, 0) is 18.9 Å². The topological polar surface area (TPSA) is 47.2 Å². The first-order valence-corrected chi connectivity index (χ1v) is 8.07. The number of benzene rings is 1. The van der Waals surface area contributed by atoms with Crippen molar-refractivity contribution >= 4 is 51.3 Å². The Balaban J connectivity index is 2.07. The number of likely N-dealkylation sites (N-methyl/N-ethyl adjacent to an activating group) is 1. The van der Waals surface area contributed by atoms with E-state index in [1.807, 2.05) is 31.2 Å². The molecule has 114 valence electrons. The van der Waals surface area contributed by atoms with Crippen molar-refractivity contribution in [2.45, 2.75) is 6.92 Å². The van der Waals surface area contributed by atoms with Gasteiger partial charge in [-0.05, 0) is 30.7 Å². The minimum Gasteiger partial charge on any atom is -0.295 e. The van der Waals surface area contributed by atoms with Gasteiger partial charge < -0.3 is 0 Å². The van der Waals surface area contributed by atoms with Gasteiger partial charge in [-0.15, -0.1) is 0 Å². The zero-order valence-electron chi connectivity index (χ0n) is 12.5. The van der Waals surface area contributed by atoms with Crippen molar-refractivity contribution in [3.05, 3.63) is 39.2 Å². The molecule has 0 radical (unpaired) electrons. The summed E-state index contributed by atoms with van der Waals surface area (Å²) in [7, 11) is 3.49. The van der Waals surface area contributed by atoms with E-state index in [1.165, 1.54) is 11.8 Å². The second-order valence-corrected chi connectivity index (χ2v) is 6.75. The highest BCUT2D eigenvalue weighted by Crippen LogP contribution is 2.32. The summed E-state index contributed by atoms with van der Waals surface area (Å²) in [6.07, 6.45) is 1.83. The van der Waals surface area contributed by atoms with Crippen molar-refractivity contribution in [2.24, 2.45) is 14.1 Å². The Kier molecular flexibility index (Phi) is 3.70. The van der Waals surface area contributed by atoms with E-state index in [4.69, 9.17) is 12.2 Å². The van der Waals surface area contributed by atoms with E-state index >= 15 is 0 Å². The molecule has 2 aromatic rings. The maximum Gasteiger partial charge on any atom is 0.328 e. The monoisotopic (exact) mass is 333 g/mol. The number of hydrogen-bond donors (Lipinski definition) is 0. The normalized spacial score (nSPS) is 17.2. The minimum absolute atomic E-state index is 0.0560. The van der Waals surface area contributed by atoms with E-state index in [2.05, 4.69) is 0 Å². The molecule has 22 heavy (non-hydrogen) atoms. The van der Waals surface area contributed by atoms with Crippen LogP contribution >= 0.6 is 24.0 Å². The third-order valence-electron chi connectivity index (χ3n) is 3.78. The predicted molar refractivity (Wildman–Crippen MR) is 93.7 cm³/mol. The summed E-state index contributed by atoms with van der Waals surface area (Å²) in [4.78, 5) is 26.4. The van der Waals surface area contributed by atoms with Gasteiger partial charge in [-0.3, -0.25) is 18.8 Å². The van der Waals surface area contributed by atoms with Crippen LogP contribution in [-0.4, -0.2) is 30.8 Å². The van der Waals surface area contributed by atoms with E-state index in [-0.39, 0.29) is 11.6 Å². The maximum atomic E-state index is 12.2. The van der Waals surface area contributed by atoms with Crippen molar-refractivity contribution < 1.29 is 4.79 Å². The van der Waals surface area contributed by atoms with E-state index < -0.39 is 0 Å². The lowest BCUT2D eigenvalue weighted by Crippen LogP contribution is -2.27. The number of aryl methyl sites for hydroxylation is 2. The smallest absolute Gasteiger partial charge is 0.295 e. The number of carbonyl (C=O) groups excluding carboxylic acids is 1. The molecule has 1 aliphatic rings. The van der Waals surface area contributed by atoms with Crippen LogP contribution in [0, 0.1) is 0 Å². The highest BCUT2D eigenvalue weighted by atomic mass is 32.2. The summed E-state index contributed by atoms with van der Waals surface area (Å²) in [6, 6.07) is 5.71. The van der Waals surface area contributed by atoms with Crippen LogP contribution in [0.4, 0.5) is 0 Å². The van der Waals surface area contributed by atoms with Gasteiger partial charge in [0.25, 0.3) is 5.91 Å². The molecule has 1 aliphatic heterocycles. The lowest BCUT2D eigenvalue weighted by atomic mass is 10.2. The number of hydrogen-bond acceptors (Lipinski definition) is 4. The van der Waals surface area contributed by atoms with Crippen LogP contribution in [0.2, 0.25) is 0 Å². The molecule has 0 saturated carbocycles. The summed E-state index contributed by atoms with van der Waals surface area (Å²) in [5, 5.41) is 0. The van der Waals surface area contributed by atoms with Gasteiger partial charge in [-0.2, -0.15) is 0 Å². The molecular weight excluding hydrogens is 318 g/mol. The average molecular weight is 333 g/mol.